The SMILES string of the molecule is COc1ccc(CNS(=O)(=O)c2cc(NC(=O)Cc3ccccc3Cl)ccc2-n2cc(CC(F)(F)C(OC(N)=O)C(C)(C)C)cn2)c(OC)c1. The normalized spacial score (nSPS) is 12.6. The Labute approximate surface area is 293 Å². The molecule has 0 fully saturated rings. The van der Waals surface area contributed by atoms with E-state index in [2.05, 4.69) is 15.1 Å². The van der Waals surface area contributed by atoms with Crippen LogP contribution in [-0.2, 0) is 38.9 Å². The number of hydrogen-bond acceptors (Lipinski definition) is 8. The number of nitrogens with zero attached hydrogens (tertiary/aromatic N) is 2. The molecule has 4 aromatic rings. The molecule has 0 bridgehead atoms. The largest absolute Gasteiger partial charge is 0.497 e. The summed E-state index contributed by atoms with van der Waals surface area (Å²) in [5.74, 6) is -3.14. The molecule has 0 spiro atoms. The smallest absolute Gasteiger partial charge is 0.405 e. The van der Waals surface area contributed by atoms with Crippen LogP contribution in [0.4, 0.5) is 19.3 Å². The van der Waals surface area contributed by atoms with Crippen molar-refractivity contribution in [3.8, 4) is 17.2 Å². The quantitative estimate of drug-likeness (QED) is 0.144. The molecular weight excluding hydrogens is 696 g/mol. The minimum Gasteiger partial charge on any atom is -0.497 e. The number of nitrogens with two attached hydrogens (primary N) is 1. The van der Waals surface area contributed by atoms with Gasteiger partial charge in [0.15, 0.2) is 6.10 Å². The highest BCUT2D eigenvalue weighted by atomic mass is 35.5. The number of halogens is 3. The van der Waals surface area contributed by atoms with Gasteiger partial charge in [0.2, 0.25) is 15.9 Å². The molecule has 1 unspecified atom stereocenters. The lowest BCUT2D eigenvalue weighted by molar-refractivity contribution is -0.148. The summed E-state index contributed by atoms with van der Waals surface area (Å²) in [4.78, 5) is 24.0. The standard InChI is InChI=1S/C34H38ClF2N5O7S/c1-33(2,3)31(49-32(38)44)34(36,37)17-21-18-39-42(20-21)27-13-11-24(41-30(43)14-22-8-6-7-9-26(22)35)15-29(27)50(45,46)40-19-23-10-12-25(47-4)16-28(23)48-5/h6-13,15-16,18,20,31,40H,14,17,19H2,1-5H3,(H2,38,44)(H,41,43). The van der Waals surface area contributed by atoms with E-state index in [1.54, 1.807) is 42.5 Å². The number of aromatic nitrogens is 2. The van der Waals surface area contributed by atoms with Gasteiger partial charge in [-0.15, -0.1) is 0 Å². The summed E-state index contributed by atoms with van der Waals surface area (Å²) in [5, 5.41) is 7.26. The molecule has 1 heterocycles. The van der Waals surface area contributed by atoms with Crippen LogP contribution in [0, 0.1) is 5.41 Å². The minimum atomic E-state index is -4.36. The van der Waals surface area contributed by atoms with E-state index in [-0.39, 0.29) is 34.8 Å². The zero-order chi connectivity index (χ0) is 36.9. The van der Waals surface area contributed by atoms with Gasteiger partial charge < -0.3 is 25.3 Å². The number of anilines is 1. The first-order chi connectivity index (χ1) is 23.4. The Morgan fingerprint density at radius 3 is 2.38 bits per heavy atom. The van der Waals surface area contributed by atoms with Crippen molar-refractivity contribution in [1.29, 1.82) is 0 Å². The van der Waals surface area contributed by atoms with E-state index in [1.807, 2.05) is 0 Å². The number of primary amides is 1. The molecule has 0 saturated carbocycles. The lowest BCUT2D eigenvalue weighted by atomic mass is 9.83. The number of methoxy groups -OCH3 is 2. The van der Waals surface area contributed by atoms with Crippen molar-refractivity contribution in [1.82, 2.24) is 14.5 Å². The second-order valence-electron chi connectivity index (χ2n) is 12.4. The zero-order valence-electron chi connectivity index (χ0n) is 28.0. The van der Waals surface area contributed by atoms with Crippen LogP contribution in [0.25, 0.3) is 5.69 Å². The predicted octanol–water partition coefficient (Wildman–Crippen LogP) is 5.89. The molecule has 0 aliphatic rings. The zero-order valence-corrected chi connectivity index (χ0v) is 29.6. The fourth-order valence-electron chi connectivity index (χ4n) is 5.23. The van der Waals surface area contributed by atoms with Crippen LogP contribution in [0.15, 0.2) is 78.0 Å². The number of hydrogen-bond donors (Lipinski definition) is 3. The molecule has 0 saturated heterocycles. The number of ether oxygens (including phenoxy) is 3. The number of rotatable bonds is 14. The number of carbonyl (C=O) groups is 2. The van der Waals surface area contributed by atoms with Crippen molar-refractivity contribution in [3.05, 3.63) is 94.8 Å². The topological polar surface area (TPSA) is 164 Å². The highest BCUT2D eigenvalue weighted by molar-refractivity contribution is 7.89. The lowest BCUT2D eigenvalue weighted by Crippen LogP contribution is -2.48. The molecule has 1 atom stereocenters. The van der Waals surface area contributed by atoms with Crippen LogP contribution in [0.1, 0.15) is 37.5 Å². The Morgan fingerprint density at radius 1 is 1.02 bits per heavy atom. The van der Waals surface area contributed by atoms with E-state index in [4.69, 9.17) is 31.5 Å². The maximum atomic E-state index is 15.5. The average Bonchev–Trinajstić information content (AvgIpc) is 3.50. The summed E-state index contributed by atoms with van der Waals surface area (Å²) >= 11 is 6.20. The number of benzene rings is 3. The van der Waals surface area contributed by atoms with Crippen LogP contribution in [0.3, 0.4) is 0 Å². The number of sulfonamides is 1. The van der Waals surface area contributed by atoms with E-state index >= 15 is 8.78 Å². The molecule has 1 aromatic heterocycles. The van der Waals surface area contributed by atoms with Gasteiger partial charge in [-0.1, -0.05) is 56.6 Å². The molecule has 16 heteroatoms. The number of carbonyl (C=O) groups excluding carboxylic acids is 2. The Bertz CT molecular complexity index is 1970. The summed E-state index contributed by atoms with van der Waals surface area (Å²) in [5.41, 5.74) is 5.14. The molecule has 4 rings (SSSR count). The van der Waals surface area contributed by atoms with Gasteiger partial charge in [0.25, 0.3) is 5.92 Å². The van der Waals surface area contributed by atoms with E-state index < -0.39 is 45.9 Å². The van der Waals surface area contributed by atoms with E-state index in [0.29, 0.717) is 27.6 Å². The maximum Gasteiger partial charge on any atom is 0.405 e. The van der Waals surface area contributed by atoms with Gasteiger partial charge in [-0.2, -0.15) is 5.10 Å². The number of nitrogens with one attached hydrogen (secondary N) is 2. The van der Waals surface area contributed by atoms with Gasteiger partial charge in [-0.3, -0.25) is 4.79 Å². The summed E-state index contributed by atoms with van der Waals surface area (Å²) in [6, 6.07) is 15.8. The molecular formula is C34H38ClF2N5O7S. The third kappa shape index (κ3) is 9.49. The van der Waals surface area contributed by atoms with Crippen LogP contribution in [0.5, 0.6) is 11.5 Å². The van der Waals surface area contributed by atoms with E-state index in [1.165, 1.54) is 59.4 Å². The summed E-state index contributed by atoms with van der Waals surface area (Å²) in [6.45, 7) is 4.26. The molecule has 0 aliphatic carbocycles. The predicted molar refractivity (Wildman–Crippen MR) is 183 cm³/mol. The highest BCUT2D eigenvalue weighted by Crippen LogP contribution is 2.37. The van der Waals surface area contributed by atoms with Crippen molar-refractivity contribution in [2.45, 2.75) is 57.1 Å². The molecule has 3 aromatic carbocycles. The first kappa shape index (κ1) is 38.1. The van der Waals surface area contributed by atoms with Crippen molar-refractivity contribution < 1.29 is 41.0 Å². The van der Waals surface area contributed by atoms with Crippen molar-refractivity contribution >= 4 is 39.3 Å². The van der Waals surface area contributed by atoms with Gasteiger partial charge in [0.05, 0.1) is 32.5 Å². The minimum absolute atomic E-state index is 0.00128. The second kappa shape index (κ2) is 15.4. The molecule has 12 nitrogen and oxygen atoms in total. The van der Waals surface area contributed by atoms with E-state index in [0.717, 1.165) is 10.9 Å². The highest BCUT2D eigenvalue weighted by Gasteiger charge is 2.49. The number of amides is 2. The van der Waals surface area contributed by atoms with Gasteiger partial charge >= 0.3 is 6.09 Å². The van der Waals surface area contributed by atoms with Crippen LogP contribution in [0.2, 0.25) is 5.02 Å². The van der Waals surface area contributed by atoms with Gasteiger partial charge in [-0.05, 0) is 41.5 Å². The van der Waals surface area contributed by atoms with Crippen LogP contribution >= 0.6 is 11.6 Å². The first-order valence-electron chi connectivity index (χ1n) is 15.2. The fourth-order valence-corrected chi connectivity index (χ4v) is 6.65. The Balaban J connectivity index is 1.69. The Kier molecular flexibility index (Phi) is 11.8. The van der Waals surface area contributed by atoms with Crippen LogP contribution < -0.4 is 25.2 Å². The molecule has 0 aliphatic heterocycles. The van der Waals surface area contributed by atoms with Crippen molar-refractivity contribution in [2.75, 3.05) is 19.5 Å². The molecule has 2 amide bonds. The van der Waals surface area contributed by atoms with Gasteiger partial charge in [0.1, 0.15) is 16.4 Å². The third-order valence-corrected chi connectivity index (χ3v) is 9.31. The van der Waals surface area contributed by atoms with Crippen LogP contribution in [-0.4, -0.2) is 56.4 Å². The first-order valence-corrected chi connectivity index (χ1v) is 17.1. The molecule has 0 radical (unpaired) electrons. The number of alkyl halides is 2. The monoisotopic (exact) mass is 733 g/mol. The summed E-state index contributed by atoms with van der Waals surface area (Å²) in [6.07, 6.45) is -1.77. The Hall–Kier alpha value is -4.73. The summed E-state index contributed by atoms with van der Waals surface area (Å²) in [7, 11) is -1.45. The Morgan fingerprint density at radius 2 is 1.74 bits per heavy atom. The van der Waals surface area contributed by atoms with Crippen molar-refractivity contribution in [2.24, 2.45) is 11.1 Å². The molecule has 268 valence electrons. The molecule has 4 N–H and O–H groups in total. The average molecular weight is 734 g/mol. The fraction of sp³-hybridized carbons (Fsp3) is 0.324. The summed E-state index contributed by atoms with van der Waals surface area (Å²) < 4.78 is 77.9. The van der Waals surface area contributed by atoms with Gasteiger partial charge in [-0.25, -0.2) is 31.4 Å². The third-order valence-electron chi connectivity index (χ3n) is 7.52. The van der Waals surface area contributed by atoms with Gasteiger partial charge in [0, 0.05) is 46.9 Å². The second-order valence-corrected chi connectivity index (χ2v) is 14.6. The maximum absolute atomic E-state index is 15.5. The van der Waals surface area contributed by atoms with E-state index in [9.17, 15) is 18.0 Å². The lowest BCUT2D eigenvalue weighted by Gasteiger charge is -2.35. The molecule has 50 heavy (non-hydrogen) atoms. The van der Waals surface area contributed by atoms with Crippen molar-refractivity contribution in [3.63, 3.8) is 0 Å².